The van der Waals surface area contributed by atoms with Gasteiger partial charge in [0.1, 0.15) is 5.72 Å². The average Bonchev–Trinajstić information content (AvgIpc) is 2.96. The molecule has 0 amide bonds. The molecule has 2 heterocycles. The van der Waals surface area contributed by atoms with Crippen molar-refractivity contribution in [3.63, 3.8) is 0 Å². The first-order valence-electron chi connectivity index (χ1n) is 5.74. The molecule has 2 spiro atoms. The Balaban J connectivity index is 1.71. The van der Waals surface area contributed by atoms with E-state index < -0.39 is 0 Å². The highest BCUT2D eigenvalue weighted by Crippen LogP contribution is 2.52. The summed E-state index contributed by atoms with van der Waals surface area (Å²) in [6.45, 7) is 4.86. The summed E-state index contributed by atoms with van der Waals surface area (Å²) in [7, 11) is 0. The maximum atomic E-state index is 6.02. The van der Waals surface area contributed by atoms with Crippen molar-refractivity contribution in [1.82, 2.24) is 5.32 Å². The molecule has 3 aliphatic rings. The van der Waals surface area contributed by atoms with E-state index in [0.717, 1.165) is 32.7 Å². The first-order valence-corrected chi connectivity index (χ1v) is 5.74. The Kier molecular flexibility index (Phi) is 1.92. The maximum absolute atomic E-state index is 6.02. The lowest BCUT2D eigenvalue weighted by atomic mass is 9.92. The minimum absolute atomic E-state index is 0.147. The lowest BCUT2D eigenvalue weighted by Gasteiger charge is -2.47. The first kappa shape index (κ1) is 9.13. The zero-order valence-electron chi connectivity index (χ0n) is 8.84. The molecule has 2 atom stereocenters. The van der Waals surface area contributed by atoms with Gasteiger partial charge in [0.05, 0.1) is 13.2 Å². The Bertz CT molecular complexity index is 231. The smallest absolute Gasteiger partial charge is 0.143 e. The molecule has 0 aromatic rings. The molecule has 3 heteroatoms. The third kappa shape index (κ3) is 1.30. The molecule has 80 valence electrons. The van der Waals surface area contributed by atoms with Crippen molar-refractivity contribution in [1.29, 1.82) is 0 Å². The third-order valence-corrected chi connectivity index (χ3v) is 4.13. The van der Waals surface area contributed by atoms with Gasteiger partial charge in [-0.15, -0.1) is 0 Å². The highest BCUT2D eigenvalue weighted by molar-refractivity contribution is 5.06. The van der Waals surface area contributed by atoms with Crippen molar-refractivity contribution in [3.05, 3.63) is 0 Å². The van der Waals surface area contributed by atoms with Gasteiger partial charge in [-0.3, -0.25) is 5.32 Å². The van der Waals surface area contributed by atoms with Crippen LogP contribution in [0.15, 0.2) is 0 Å². The second-order valence-electron chi connectivity index (χ2n) is 5.17. The number of hydrogen-bond acceptors (Lipinski definition) is 3. The van der Waals surface area contributed by atoms with Crippen LogP contribution in [-0.2, 0) is 9.47 Å². The van der Waals surface area contributed by atoms with Crippen LogP contribution in [0.4, 0.5) is 0 Å². The summed E-state index contributed by atoms with van der Waals surface area (Å²) < 4.78 is 11.5. The van der Waals surface area contributed by atoms with E-state index in [-0.39, 0.29) is 5.72 Å². The predicted octanol–water partition coefficient (Wildman–Crippen LogP) is 1.28. The summed E-state index contributed by atoms with van der Waals surface area (Å²) in [5.41, 5.74) is 0.328. The van der Waals surface area contributed by atoms with Crippen LogP contribution in [0.1, 0.15) is 32.6 Å². The Morgan fingerprint density at radius 2 is 2.07 bits per heavy atom. The Morgan fingerprint density at radius 3 is 2.64 bits per heavy atom. The van der Waals surface area contributed by atoms with Gasteiger partial charge in [0.25, 0.3) is 0 Å². The summed E-state index contributed by atoms with van der Waals surface area (Å²) in [4.78, 5) is 0. The quantitative estimate of drug-likeness (QED) is 0.634. The number of nitrogens with one attached hydrogen (secondary N) is 1. The van der Waals surface area contributed by atoms with E-state index in [0.29, 0.717) is 11.5 Å². The molecular weight excluding hydrogens is 178 g/mol. The van der Waals surface area contributed by atoms with Gasteiger partial charge in [0.2, 0.25) is 0 Å². The van der Waals surface area contributed by atoms with Crippen LogP contribution >= 0.6 is 0 Å². The predicted molar refractivity (Wildman–Crippen MR) is 53.0 cm³/mol. The van der Waals surface area contributed by atoms with Gasteiger partial charge in [-0.2, -0.15) is 0 Å². The molecule has 3 fully saturated rings. The first-order chi connectivity index (χ1) is 6.75. The van der Waals surface area contributed by atoms with E-state index in [9.17, 15) is 0 Å². The van der Waals surface area contributed by atoms with Gasteiger partial charge >= 0.3 is 0 Å². The summed E-state index contributed by atoms with van der Waals surface area (Å²) in [6.07, 6.45) is 4.89. The van der Waals surface area contributed by atoms with Gasteiger partial charge < -0.3 is 9.47 Å². The average molecular weight is 197 g/mol. The molecule has 0 aromatic carbocycles. The van der Waals surface area contributed by atoms with E-state index in [2.05, 4.69) is 12.2 Å². The van der Waals surface area contributed by atoms with Crippen LogP contribution in [0.25, 0.3) is 0 Å². The van der Waals surface area contributed by atoms with Crippen LogP contribution in [0, 0.1) is 5.41 Å². The van der Waals surface area contributed by atoms with Crippen molar-refractivity contribution >= 4 is 0 Å². The summed E-state index contributed by atoms with van der Waals surface area (Å²) in [5.74, 6) is 0. The van der Waals surface area contributed by atoms with Gasteiger partial charge in [-0.25, -0.2) is 0 Å². The molecule has 1 saturated carbocycles. The molecule has 0 radical (unpaired) electrons. The second kappa shape index (κ2) is 2.94. The molecule has 3 nitrogen and oxygen atoms in total. The Morgan fingerprint density at radius 1 is 1.21 bits per heavy atom. The molecule has 1 N–H and O–H groups in total. The fourth-order valence-corrected chi connectivity index (χ4v) is 2.73. The standard InChI is InChI=1S/C11H19NO2/c1-9-10(4-5-10)7-14-11(12-9)3-2-6-13-8-11/h9,12H,2-8H2,1H3. The van der Waals surface area contributed by atoms with E-state index in [1.165, 1.54) is 12.8 Å². The Labute approximate surface area is 85.1 Å². The number of ether oxygens (including phenoxy) is 2. The Hall–Kier alpha value is -0.120. The van der Waals surface area contributed by atoms with Gasteiger partial charge in [0.15, 0.2) is 0 Å². The normalized spacial score (nSPS) is 45.6. The summed E-state index contributed by atoms with van der Waals surface area (Å²) in [5, 5.41) is 3.64. The fraction of sp³-hybridized carbons (Fsp3) is 1.00. The topological polar surface area (TPSA) is 30.5 Å². The monoisotopic (exact) mass is 197 g/mol. The summed E-state index contributed by atoms with van der Waals surface area (Å²) in [6, 6.07) is 0.595. The van der Waals surface area contributed by atoms with Crippen LogP contribution in [0.3, 0.4) is 0 Å². The number of hydrogen-bond donors (Lipinski definition) is 1. The van der Waals surface area contributed by atoms with Crippen molar-refractivity contribution in [2.45, 2.75) is 44.4 Å². The van der Waals surface area contributed by atoms with Gasteiger partial charge in [-0.1, -0.05) is 0 Å². The minimum atomic E-state index is -0.147. The minimum Gasteiger partial charge on any atom is -0.377 e. The molecule has 2 saturated heterocycles. The van der Waals surface area contributed by atoms with Gasteiger partial charge in [0, 0.05) is 18.1 Å². The van der Waals surface area contributed by atoms with E-state index in [1.54, 1.807) is 0 Å². The van der Waals surface area contributed by atoms with Crippen LogP contribution < -0.4 is 5.32 Å². The maximum Gasteiger partial charge on any atom is 0.143 e. The lowest BCUT2D eigenvalue weighted by molar-refractivity contribution is -0.192. The molecule has 2 unspecified atom stereocenters. The number of rotatable bonds is 0. The van der Waals surface area contributed by atoms with Crippen LogP contribution in [0.2, 0.25) is 0 Å². The highest BCUT2D eigenvalue weighted by atomic mass is 16.6. The largest absolute Gasteiger partial charge is 0.377 e. The highest BCUT2D eigenvalue weighted by Gasteiger charge is 2.54. The van der Waals surface area contributed by atoms with Crippen molar-refractivity contribution < 1.29 is 9.47 Å². The zero-order chi connectivity index (χ0) is 9.65. The van der Waals surface area contributed by atoms with E-state index >= 15 is 0 Å². The molecule has 0 bridgehead atoms. The van der Waals surface area contributed by atoms with Crippen molar-refractivity contribution in [2.75, 3.05) is 19.8 Å². The van der Waals surface area contributed by atoms with Crippen molar-refractivity contribution in [3.8, 4) is 0 Å². The van der Waals surface area contributed by atoms with Crippen LogP contribution in [0.5, 0.6) is 0 Å². The fourth-order valence-electron chi connectivity index (χ4n) is 2.73. The lowest BCUT2D eigenvalue weighted by Crippen LogP contribution is -2.63. The molecule has 1 aliphatic carbocycles. The van der Waals surface area contributed by atoms with E-state index in [1.807, 2.05) is 0 Å². The molecule has 2 aliphatic heterocycles. The second-order valence-corrected chi connectivity index (χ2v) is 5.17. The zero-order valence-corrected chi connectivity index (χ0v) is 8.84. The molecule has 14 heavy (non-hydrogen) atoms. The van der Waals surface area contributed by atoms with Gasteiger partial charge in [-0.05, 0) is 32.6 Å². The van der Waals surface area contributed by atoms with E-state index in [4.69, 9.17) is 9.47 Å². The summed E-state index contributed by atoms with van der Waals surface area (Å²) >= 11 is 0. The molecule has 0 aromatic heterocycles. The third-order valence-electron chi connectivity index (χ3n) is 4.13. The molecule has 3 rings (SSSR count). The molecular formula is C11H19NO2. The SMILES string of the molecule is CC1NC2(CCCOC2)OCC12CC2. The van der Waals surface area contributed by atoms with Crippen molar-refractivity contribution in [2.24, 2.45) is 5.41 Å². The van der Waals surface area contributed by atoms with Crippen LogP contribution in [-0.4, -0.2) is 31.6 Å².